The van der Waals surface area contributed by atoms with Crippen molar-refractivity contribution >= 4 is 22.9 Å². The summed E-state index contributed by atoms with van der Waals surface area (Å²) in [6, 6.07) is 13.6. The summed E-state index contributed by atoms with van der Waals surface area (Å²) in [5.74, 6) is -0.211. The summed E-state index contributed by atoms with van der Waals surface area (Å²) in [5, 5.41) is 18.5. The largest absolute Gasteiger partial charge is 0.360 e. The summed E-state index contributed by atoms with van der Waals surface area (Å²) in [4.78, 5) is 24.3. The van der Waals surface area contributed by atoms with E-state index >= 15 is 0 Å². The van der Waals surface area contributed by atoms with Gasteiger partial charge in [0.05, 0.1) is 23.2 Å². The van der Waals surface area contributed by atoms with E-state index in [1.54, 1.807) is 12.1 Å². The van der Waals surface area contributed by atoms with Crippen LogP contribution in [0.2, 0.25) is 0 Å². The maximum atomic E-state index is 13.3. The second-order valence-corrected chi connectivity index (χ2v) is 8.83. The Labute approximate surface area is 197 Å². The zero-order valence-electron chi connectivity index (χ0n) is 18.5. The van der Waals surface area contributed by atoms with Crippen LogP contribution in [0.4, 0.5) is 11.4 Å². The third kappa shape index (κ3) is 3.87. The van der Waals surface area contributed by atoms with Gasteiger partial charge in [-0.1, -0.05) is 6.07 Å². The fraction of sp³-hybridized carbons (Fsp3) is 0.231. The van der Waals surface area contributed by atoms with E-state index in [-0.39, 0.29) is 12.1 Å². The third-order valence-corrected chi connectivity index (χ3v) is 6.46. The number of likely N-dealkylation sites (tertiary alicyclic amines) is 1. The summed E-state index contributed by atoms with van der Waals surface area (Å²) in [7, 11) is 0. The second kappa shape index (κ2) is 8.28. The highest BCUT2D eigenvalue weighted by molar-refractivity contribution is 6.28. The van der Waals surface area contributed by atoms with Gasteiger partial charge >= 0.3 is 0 Å². The number of nitrogens with zero attached hydrogens (tertiary/aromatic N) is 4. The van der Waals surface area contributed by atoms with Crippen molar-refractivity contribution in [1.29, 1.82) is 5.26 Å². The van der Waals surface area contributed by atoms with Gasteiger partial charge in [-0.3, -0.25) is 14.7 Å². The molecule has 3 aliphatic rings. The molecule has 1 atom stereocenters. The van der Waals surface area contributed by atoms with Crippen LogP contribution in [0, 0.1) is 11.3 Å². The Morgan fingerprint density at radius 1 is 1.09 bits per heavy atom. The molecule has 8 nitrogen and oxygen atoms in total. The molecule has 168 valence electrons. The molecule has 0 saturated carbocycles. The number of nitriles is 1. The SMILES string of the molecule is N#Cc1ccc(NC(=O)C2=C3NC3Nc3ccc(-c4cncc(CN5CCCC5)c4)cc32)cn1. The van der Waals surface area contributed by atoms with E-state index in [4.69, 9.17) is 5.26 Å². The van der Waals surface area contributed by atoms with Crippen LogP contribution in [-0.2, 0) is 11.3 Å². The van der Waals surface area contributed by atoms with Crippen LogP contribution < -0.4 is 16.0 Å². The Balaban J connectivity index is 1.29. The highest BCUT2D eigenvalue weighted by Crippen LogP contribution is 2.40. The van der Waals surface area contributed by atoms with Crippen molar-refractivity contribution in [1.82, 2.24) is 20.2 Å². The first-order valence-corrected chi connectivity index (χ1v) is 11.4. The smallest absolute Gasteiger partial charge is 0.258 e. The van der Waals surface area contributed by atoms with Crippen LogP contribution in [0.1, 0.15) is 29.7 Å². The zero-order chi connectivity index (χ0) is 23.1. The van der Waals surface area contributed by atoms with Crippen molar-refractivity contribution in [3.63, 3.8) is 0 Å². The van der Waals surface area contributed by atoms with Gasteiger partial charge in [-0.15, -0.1) is 0 Å². The summed E-state index contributed by atoms with van der Waals surface area (Å²) in [5.41, 5.74) is 7.35. The lowest BCUT2D eigenvalue weighted by Gasteiger charge is -2.19. The highest BCUT2D eigenvalue weighted by Gasteiger charge is 2.40. The standard InChI is InChI=1S/C26H23N7O/c27-11-19-4-5-20(14-29-19)30-26(34)23-21-10-17(3-6-22(21)31-25-24(23)32-25)18-9-16(12-28-13-18)15-33-7-1-2-8-33/h3-6,9-10,12-14,25,31-32H,1-2,7-8,15H2,(H,30,34). The Bertz CT molecular complexity index is 1350. The average molecular weight is 450 g/mol. The molecule has 3 aromatic rings. The number of rotatable bonds is 5. The molecule has 0 aliphatic carbocycles. The molecule has 2 aromatic heterocycles. The van der Waals surface area contributed by atoms with Crippen molar-refractivity contribution in [2.45, 2.75) is 25.6 Å². The molecule has 0 spiro atoms. The van der Waals surface area contributed by atoms with Crippen molar-refractivity contribution in [3.05, 3.63) is 77.5 Å². The maximum Gasteiger partial charge on any atom is 0.258 e. The molecule has 8 heteroatoms. The minimum absolute atomic E-state index is 0.0244. The van der Waals surface area contributed by atoms with Gasteiger partial charge in [0.15, 0.2) is 0 Å². The quantitative estimate of drug-likeness (QED) is 0.512. The van der Waals surface area contributed by atoms with Crippen LogP contribution in [0.15, 0.2) is 60.7 Å². The zero-order valence-corrected chi connectivity index (χ0v) is 18.5. The summed E-state index contributed by atoms with van der Waals surface area (Å²) in [6.07, 6.45) is 7.81. The molecule has 1 aromatic carbocycles. The van der Waals surface area contributed by atoms with E-state index < -0.39 is 0 Å². The predicted octanol–water partition coefficient (Wildman–Crippen LogP) is 3.32. The lowest BCUT2D eigenvalue weighted by Crippen LogP contribution is -2.19. The van der Waals surface area contributed by atoms with Gasteiger partial charge in [0.1, 0.15) is 17.9 Å². The Kier molecular flexibility index (Phi) is 4.97. The van der Waals surface area contributed by atoms with E-state index in [2.05, 4.69) is 43.0 Å². The van der Waals surface area contributed by atoms with Crippen molar-refractivity contribution < 1.29 is 4.79 Å². The number of carbonyl (C=O) groups excluding carboxylic acids is 1. The van der Waals surface area contributed by atoms with E-state index in [1.165, 1.54) is 24.6 Å². The summed E-state index contributed by atoms with van der Waals surface area (Å²) in [6.45, 7) is 3.20. The first-order valence-electron chi connectivity index (χ1n) is 11.4. The van der Waals surface area contributed by atoms with Gasteiger partial charge in [0.25, 0.3) is 5.91 Å². The maximum absolute atomic E-state index is 13.3. The number of hydrogen-bond acceptors (Lipinski definition) is 7. The minimum atomic E-state index is -0.211. The van der Waals surface area contributed by atoms with Crippen LogP contribution >= 0.6 is 0 Å². The first kappa shape index (κ1) is 20.4. The Morgan fingerprint density at radius 3 is 2.76 bits per heavy atom. The number of pyridine rings is 2. The molecule has 2 saturated heterocycles. The van der Waals surface area contributed by atoms with Crippen LogP contribution in [0.25, 0.3) is 16.7 Å². The van der Waals surface area contributed by atoms with Gasteiger partial charge in [0, 0.05) is 35.8 Å². The number of amides is 1. The average Bonchev–Trinajstić information content (AvgIpc) is 3.45. The van der Waals surface area contributed by atoms with Gasteiger partial charge < -0.3 is 16.0 Å². The molecule has 5 heterocycles. The monoisotopic (exact) mass is 449 g/mol. The van der Waals surface area contributed by atoms with E-state index in [1.807, 2.05) is 30.6 Å². The Morgan fingerprint density at radius 2 is 1.97 bits per heavy atom. The molecular formula is C26H23N7O. The third-order valence-electron chi connectivity index (χ3n) is 6.46. The number of fused-ring (bicyclic) bond motifs is 2. The normalized spacial score (nSPS) is 18.3. The van der Waals surface area contributed by atoms with Crippen molar-refractivity contribution in [3.8, 4) is 17.2 Å². The Hall–Kier alpha value is -4.22. The lowest BCUT2D eigenvalue weighted by atomic mass is 9.94. The van der Waals surface area contributed by atoms with Crippen LogP contribution in [0.3, 0.4) is 0 Å². The summed E-state index contributed by atoms with van der Waals surface area (Å²) >= 11 is 0. The summed E-state index contributed by atoms with van der Waals surface area (Å²) < 4.78 is 0. The molecular weight excluding hydrogens is 426 g/mol. The predicted molar refractivity (Wildman–Crippen MR) is 129 cm³/mol. The number of carbonyl (C=O) groups is 1. The minimum Gasteiger partial charge on any atom is -0.360 e. The van der Waals surface area contributed by atoms with E-state index in [0.29, 0.717) is 17.0 Å². The number of anilines is 2. The number of hydrogen-bond donors (Lipinski definition) is 3. The molecule has 6 rings (SSSR count). The fourth-order valence-corrected chi connectivity index (χ4v) is 4.70. The molecule has 2 fully saturated rings. The molecule has 3 aliphatic heterocycles. The topological polar surface area (TPSA) is 116 Å². The van der Waals surface area contributed by atoms with Gasteiger partial charge in [-0.2, -0.15) is 5.26 Å². The van der Waals surface area contributed by atoms with Crippen LogP contribution in [0.5, 0.6) is 0 Å². The molecule has 34 heavy (non-hydrogen) atoms. The highest BCUT2D eigenvalue weighted by atomic mass is 16.1. The van der Waals surface area contributed by atoms with Gasteiger partial charge in [-0.25, -0.2) is 4.98 Å². The van der Waals surface area contributed by atoms with Crippen molar-refractivity contribution in [2.24, 2.45) is 0 Å². The number of benzene rings is 1. The molecule has 1 amide bonds. The molecule has 0 bridgehead atoms. The fourth-order valence-electron chi connectivity index (χ4n) is 4.70. The lowest BCUT2D eigenvalue weighted by molar-refractivity contribution is -0.111. The molecule has 1 unspecified atom stereocenters. The number of nitrogens with one attached hydrogen (secondary N) is 3. The second-order valence-electron chi connectivity index (χ2n) is 8.83. The molecule has 3 N–H and O–H groups in total. The van der Waals surface area contributed by atoms with Crippen LogP contribution in [-0.4, -0.2) is 40.0 Å². The van der Waals surface area contributed by atoms with E-state index in [0.717, 1.165) is 47.7 Å². The number of aromatic nitrogens is 2. The first-order chi connectivity index (χ1) is 16.7. The van der Waals surface area contributed by atoms with E-state index in [9.17, 15) is 4.79 Å². The molecule has 0 radical (unpaired) electrons. The van der Waals surface area contributed by atoms with Gasteiger partial charge in [0.2, 0.25) is 0 Å². The van der Waals surface area contributed by atoms with Gasteiger partial charge in [-0.05, 0) is 67.4 Å². The van der Waals surface area contributed by atoms with Crippen molar-refractivity contribution in [2.75, 3.05) is 23.7 Å².